The van der Waals surface area contributed by atoms with Crippen molar-refractivity contribution in [2.24, 2.45) is 0 Å². The summed E-state index contributed by atoms with van der Waals surface area (Å²) in [6.07, 6.45) is 3.84. The first-order valence-electron chi connectivity index (χ1n) is 14.1. The average molecular weight is 543 g/mol. The standard InChI is InChI=1S/C33H34O7/c1-37-29(35)14-8-13-24-17-23-20-33(39-24,16-15-21-9-4-2-5-10-21)40-28-19-27-31(32(36)30(23)28)25(34)18-26(38-27)22-11-6-3-7-12-22/h2-7,9-12,19,23-24,26,36H,8,13-18,20H2,1H3/t23-,24-,26+,33-/m1/s1. The molecular formula is C33H34O7. The number of esters is 1. The second-order valence-corrected chi connectivity index (χ2v) is 11.0. The number of benzene rings is 3. The van der Waals surface area contributed by atoms with Gasteiger partial charge in [-0.1, -0.05) is 60.7 Å². The molecule has 4 atom stereocenters. The minimum absolute atomic E-state index is 0.0409. The fraction of sp³-hybridized carbons (Fsp3) is 0.394. The predicted molar refractivity (Wildman–Crippen MR) is 148 cm³/mol. The average Bonchev–Trinajstić information content (AvgIpc) is 2.96. The van der Waals surface area contributed by atoms with Gasteiger partial charge in [0.15, 0.2) is 5.78 Å². The zero-order valence-corrected chi connectivity index (χ0v) is 22.6. The van der Waals surface area contributed by atoms with Gasteiger partial charge < -0.3 is 24.1 Å². The number of hydrogen-bond donors (Lipinski definition) is 1. The van der Waals surface area contributed by atoms with E-state index in [1.165, 1.54) is 12.7 Å². The van der Waals surface area contributed by atoms with E-state index in [-0.39, 0.29) is 41.5 Å². The first-order chi connectivity index (χ1) is 19.4. The van der Waals surface area contributed by atoms with Gasteiger partial charge in [0, 0.05) is 30.9 Å². The van der Waals surface area contributed by atoms with Crippen LogP contribution < -0.4 is 9.47 Å². The molecule has 1 fully saturated rings. The number of phenols is 1. The summed E-state index contributed by atoms with van der Waals surface area (Å²) in [5.74, 6) is -0.516. The summed E-state index contributed by atoms with van der Waals surface area (Å²) in [4.78, 5) is 25.0. The molecule has 0 saturated carbocycles. The molecule has 3 heterocycles. The number of ether oxygens (including phenoxy) is 4. The van der Waals surface area contributed by atoms with Gasteiger partial charge in [0.05, 0.1) is 19.6 Å². The Bertz CT molecular complexity index is 1390. The Morgan fingerprint density at radius 2 is 1.82 bits per heavy atom. The SMILES string of the molecule is COC(=O)CCC[C@@H]1C[C@@H]2C[C@@](CCc3ccccc3)(Oc3cc4c(c(O)c32)C(=O)C[C@@H](c2ccccc2)O4)O1. The molecule has 3 aliphatic rings. The van der Waals surface area contributed by atoms with Gasteiger partial charge in [0.2, 0.25) is 5.79 Å². The molecule has 7 heteroatoms. The van der Waals surface area contributed by atoms with E-state index in [2.05, 4.69) is 12.1 Å². The molecule has 3 aromatic carbocycles. The van der Waals surface area contributed by atoms with Crippen LogP contribution in [0.25, 0.3) is 0 Å². The monoisotopic (exact) mass is 542 g/mol. The van der Waals surface area contributed by atoms with E-state index < -0.39 is 11.9 Å². The van der Waals surface area contributed by atoms with Crippen LogP contribution in [-0.2, 0) is 20.7 Å². The minimum Gasteiger partial charge on any atom is -0.507 e. The van der Waals surface area contributed by atoms with E-state index >= 15 is 0 Å². The summed E-state index contributed by atoms with van der Waals surface area (Å²) in [6, 6.07) is 21.6. The Kier molecular flexibility index (Phi) is 7.24. The third-order valence-corrected chi connectivity index (χ3v) is 8.32. The molecule has 0 spiro atoms. The summed E-state index contributed by atoms with van der Waals surface area (Å²) in [7, 11) is 1.39. The Labute approximate surface area is 234 Å². The van der Waals surface area contributed by atoms with Gasteiger partial charge >= 0.3 is 5.97 Å². The van der Waals surface area contributed by atoms with Crippen molar-refractivity contribution in [2.75, 3.05) is 7.11 Å². The van der Waals surface area contributed by atoms with Gasteiger partial charge in [0.25, 0.3) is 0 Å². The highest BCUT2D eigenvalue weighted by atomic mass is 16.7. The highest BCUT2D eigenvalue weighted by Crippen LogP contribution is 2.56. The van der Waals surface area contributed by atoms with Crippen molar-refractivity contribution >= 4 is 11.8 Å². The number of carbonyl (C=O) groups excluding carboxylic acids is 2. The smallest absolute Gasteiger partial charge is 0.305 e. The third kappa shape index (κ3) is 5.18. The number of carbonyl (C=O) groups is 2. The van der Waals surface area contributed by atoms with Gasteiger partial charge in [-0.15, -0.1) is 0 Å². The molecule has 1 N–H and O–H groups in total. The molecule has 0 aromatic heterocycles. The summed E-state index contributed by atoms with van der Waals surface area (Å²) >= 11 is 0. The second kappa shape index (κ2) is 11.0. The largest absolute Gasteiger partial charge is 0.507 e. The van der Waals surface area contributed by atoms with Crippen LogP contribution in [0.2, 0.25) is 0 Å². The predicted octanol–water partition coefficient (Wildman–Crippen LogP) is 6.43. The number of aryl methyl sites for hydroxylation is 1. The molecule has 2 bridgehead atoms. The molecule has 0 radical (unpaired) electrons. The van der Waals surface area contributed by atoms with Crippen LogP contribution in [0.4, 0.5) is 0 Å². The number of rotatable bonds is 8. The third-order valence-electron chi connectivity index (χ3n) is 8.32. The number of ketones is 1. The Hall–Kier alpha value is -3.84. The van der Waals surface area contributed by atoms with Gasteiger partial charge in [-0.2, -0.15) is 0 Å². The van der Waals surface area contributed by atoms with Crippen molar-refractivity contribution in [3.63, 3.8) is 0 Å². The molecule has 7 nitrogen and oxygen atoms in total. The summed E-state index contributed by atoms with van der Waals surface area (Å²) < 4.78 is 24.4. The molecule has 208 valence electrons. The van der Waals surface area contributed by atoms with Crippen LogP contribution in [-0.4, -0.2) is 35.9 Å². The summed E-state index contributed by atoms with van der Waals surface area (Å²) in [6.45, 7) is 0. The lowest BCUT2D eigenvalue weighted by atomic mass is 9.77. The molecule has 1 saturated heterocycles. The maximum atomic E-state index is 13.3. The Morgan fingerprint density at radius 3 is 2.58 bits per heavy atom. The fourth-order valence-electron chi connectivity index (χ4n) is 6.40. The number of hydrogen-bond acceptors (Lipinski definition) is 7. The second-order valence-electron chi connectivity index (χ2n) is 11.0. The summed E-state index contributed by atoms with van der Waals surface area (Å²) in [5.41, 5.74) is 2.99. The molecule has 0 aliphatic carbocycles. The first-order valence-corrected chi connectivity index (χ1v) is 14.1. The molecule has 3 aromatic rings. The number of aromatic hydroxyl groups is 1. The Morgan fingerprint density at radius 1 is 1.07 bits per heavy atom. The van der Waals surface area contributed by atoms with Crippen LogP contribution >= 0.6 is 0 Å². The van der Waals surface area contributed by atoms with Gasteiger partial charge in [-0.25, -0.2) is 0 Å². The fourth-order valence-corrected chi connectivity index (χ4v) is 6.40. The molecular weight excluding hydrogens is 508 g/mol. The van der Waals surface area contributed by atoms with E-state index in [0.717, 1.165) is 12.0 Å². The molecule has 0 amide bonds. The van der Waals surface area contributed by atoms with Crippen LogP contribution in [0.5, 0.6) is 17.2 Å². The van der Waals surface area contributed by atoms with E-state index in [9.17, 15) is 14.7 Å². The normalized spacial score (nSPS) is 24.7. The molecule has 40 heavy (non-hydrogen) atoms. The topological polar surface area (TPSA) is 91.3 Å². The highest BCUT2D eigenvalue weighted by molar-refractivity contribution is 6.03. The lowest BCUT2D eigenvalue weighted by Gasteiger charge is -2.49. The quantitative estimate of drug-likeness (QED) is 0.328. The van der Waals surface area contributed by atoms with E-state index in [0.29, 0.717) is 55.6 Å². The van der Waals surface area contributed by atoms with Crippen molar-refractivity contribution in [1.82, 2.24) is 0 Å². The molecule has 0 unspecified atom stereocenters. The molecule has 6 rings (SSSR count). The van der Waals surface area contributed by atoms with Crippen LogP contribution in [0.3, 0.4) is 0 Å². The van der Waals surface area contributed by atoms with Crippen molar-refractivity contribution in [3.8, 4) is 17.2 Å². The zero-order chi connectivity index (χ0) is 27.7. The van der Waals surface area contributed by atoms with Crippen LogP contribution in [0, 0.1) is 0 Å². The lowest BCUT2D eigenvalue weighted by Crippen LogP contribution is -2.51. The van der Waals surface area contributed by atoms with E-state index in [1.807, 2.05) is 48.5 Å². The van der Waals surface area contributed by atoms with Gasteiger partial charge in [0.1, 0.15) is 28.9 Å². The number of Topliss-reactive ketones (excluding diaryl/α,β-unsaturated/α-hetero) is 1. The van der Waals surface area contributed by atoms with Gasteiger partial charge in [-0.3, -0.25) is 9.59 Å². The highest BCUT2D eigenvalue weighted by Gasteiger charge is 2.50. The lowest BCUT2D eigenvalue weighted by molar-refractivity contribution is -0.253. The Balaban J connectivity index is 1.32. The number of methoxy groups -OCH3 is 1. The van der Waals surface area contributed by atoms with Crippen molar-refractivity contribution in [3.05, 3.63) is 89.0 Å². The minimum atomic E-state index is -0.889. The number of fused-ring (bicyclic) bond motifs is 5. The van der Waals surface area contributed by atoms with Crippen LogP contribution in [0.15, 0.2) is 66.7 Å². The van der Waals surface area contributed by atoms with Crippen molar-refractivity contribution in [2.45, 2.75) is 75.3 Å². The van der Waals surface area contributed by atoms with E-state index in [4.69, 9.17) is 18.9 Å². The number of phenolic OH excluding ortho intramolecular Hbond substituents is 1. The van der Waals surface area contributed by atoms with Gasteiger partial charge in [-0.05, 0) is 42.7 Å². The zero-order valence-electron chi connectivity index (χ0n) is 22.6. The van der Waals surface area contributed by atoms with Crippen molar-refractivity contribution in [1.29, 1.82) is 0 Å². The maximum Gasteiger partial charge on any atom is 0.305 e. The first kappa shape index (κ1) is 26.4. The van der Waals surface area contributed by atoms with Crippen LogP contribution in [0.1, 0.15) is 84.0 Å². The maximum absolute atomic E-state index is 13.3. The van der Waals surface area contributed by atoms with Crippen molar-refractivity contribution < 1.29 is 33.6 Å². The summed E-state index contributed by atoms with van der Waals surface area (Å²) in [5, 5.41) is 11.5. The van der Waals surface area contributed by atoms with E-state index in [1.54, 1.807) is 6.07 Å². The molecule has 3 aliphatic heterocycles.